The lowest BCUT2D eigenvalue weighted by Gasteiger charge is -2.33. The highest BCUT2D eigenvalue weighted by atomic mass is 16.2. The molecule has 4 nitrogen and oxygen atoms in total. The molecule has 21 heavy (non-hydrogen) atoms. The first-order valence-corrected chi connectivity index (χ1v) is 7.93. The summed E-state index contributed by atoms with van der Waals surface area (Å²) in [6, 6.07) is 8.04. The molecule has 0 saturated carbocycles. The first-order chi connectivity index (χ1) is 10.1. The Kier molecular flexibility index (Phi) is 7.23. The van der Waals surface area contributed by atoms with Gasteiger partial charge in [0.15, 0.2) is 0 Å². The Morgan fingerprint density at radius 3 is 2.14 bits per heavy atom. The Hall–Kier alpha value is -1.55. The van der Waals surface area contributed by atoms with Crippen LogP contribution in [0.25, 0.3) is 0 Å². The number of hydrogen-bond donors (Lipinski definition) is 1. The molecule has 0 bridgehead atoms. The highest BCUT2D eigenvalue weighted by Gasteiger charge is 2.24. The van der Waals surface area contributed by atoms with Gasteiger partial charge in [-0.25, -0.2) is 0 Å². The number of rotatable bonds is 8. The topological polar surface area (TPSA) is 49.6 Å². The minimum atomic E-state index is -0.145. The van der Waals surface area contributed by atoms with Crippen LogP contribution in [-0.4, -0.2) is 36.5 Å². The molecule has 1 rings (SSSR count). The van der Waals surface area contributed by atoms with Crippen LogP contribution >= 0.6 is 0 Å². The quantitative estimate of drug-likeness (QED) is 0.801. The van der Waals surface area contributed by atoms with E-state index < -0.39 is 0 Å². The van der Waals surface area contributed by atoms with Crippen LogP contribution in [0.15, 0.2) is 24.3 Å². The van der Waals surface area contributed by atoms with E-state index in [9.17, 15) is 4.79 Å². The average molecular weight is 291 g/mol. The SMILES string of the molecule is CCCN(c1ccc(CN)cc1)C(C)C(=O)N(CC)CC. The summed E-state index contributed by atoms with van der Waals surface area (Å²) in [4.78, 5) is 16.7. The zero-order chi connectivity index (χ0) is 15.8. The molecule has 1 aromatic carbocycles. The molecule has 0 spiro atoms. The van der Waals surface area contributed by atoms with Crippen LogP contribution in [0.5, 0.6) is 0 Å². The first kappa shape index (κ1) is 17.5. The fourth-order valence-electron chi connectivity index (χ4n) is 2.54. The lowest BCUT2D eigenvalue weighted by Crippen LogP contribution is -2.47. The zero-order valence-electron chi connectivity index (χ0n) is 13.8. The molecule has 0 aliphatic rings. The van der Waals surface area contributed by atoms with Gasteiger partial charge < -0.3 is 15.5 Å². The number of nitrogens with two attached hydrogens (primary N) is 1. The van der Waals surface area contributed by atoms with E-state index in [-0.39, 0.29) is 11.9 Å². The van der Waals surface area contributed by atoms with Crippen LogP contribution in [0.1, 0.15) is 39.7 Å². The number of amides is 1. The van der Waals surface area contributed by atoms with Gasteiger partial charge in [-0.1, -0.05) is 19.1 Å². The van der Waals surface area contributed by atoms with Crippen LogP contribution in [0.4, 0.5) is 5.69 Å². The average Bonchev–Trinajstić information content (AvgIpc) is 2.53. The second-order valence-corrected chi connectivity index (χ2v) is 5.25. The molecular formula is C17H29N3O. The predicted octanol–water partition coefficient (Wildman–Crippen LogP) is 2.62. The van der Waals surface area contributed by atoms with Crippen molar-refractivity contribution < 1.29 is 4.79 Å². The molecule has 0 heterocycles. The molecule has 1 aromatic rings. The maximum Gasteiger partial charge on any atom is 0.244 e. The number of anilines is 1. The van der Waals surface area contributed by atoms with Crippen molar-refractivity contribution in [2.45, 2.75) is 46.7 Å². The molecule has 0 aliphatic carbocycles. The summed E-state index contributed by atoms with van der Waals surface area (Å²) >= 11 is 0. The van der Waals surface area contributed by atoms with E-state index in [0.29, 0.717) is 6.54 Å². The Morgan fingerprint density at radius 1 is 1.14 bits per heavy atom. The Balaban J connectivity index is 2.95. The molecule has 0 aromatic heterocycles. The van der Waals surface area contributed by atoms with Crippen LogP contribution < -0.4 is 10.6 Å². The number of carbonyl (C=O) groups is 1. The summed E-state index contributed by atoms with van der Waals surface area (Å²) in [6.07, 6.45) is 1.01. The maximum atomic E-state index is 12.6. The van der Waals surface area contributed by atoms with Crippen molar-refractivity contribution in [1.82, 2.24) is 4.90 Å². The van der Waals surface area contributed by atoms with E-state index in [4.69, 9.17) is 5.73 Å². The van der Waals surface area contributed by atoms with Gasteiger partial charge in [0.2, 0.25) is 5.91 Å². The highest BCUT2D eigenvalue weighted by molar-refractivity contribution is 5.85. The summed E-state index contributed by atoms with van der Waals surface area (Å²) < 4.78 is 0. The molecule has 4 heteroatoms. The van der Waals surface area contributed by atoms with Crippen LogP contribution in [0.2, 0.25) is 0 Å². The van der Waals surface area contributed by atoms with Gasteiger partial charge in [-0.05, 0) is 44.9 Å². The third-order valence-corrected chi connectivity index (χ3v) is 3.87. The second-order valence-electron chi connectivity index (χ2n) is 5.25. The summed E-state index contributed by atoms with van der Waals surface area (Å²) in [5.74, 6) is 0.191. The van der Waals surface area contributed by atoms with Crippen LogP contribution in [-0.2, 0) is 11.3 Å². The predicted molar refractivity (Wildman–Crippen MR) is 89.4 cm³/mol. The lowest BCUT2D eigenvalue weighted by atomic mass is 10.1. The van der Waals surface area contributed by atoms with E-state index in [1.54, 1.807) is 0 Å². The third kappa shape index (κ3) is 4.46. The largest absolute Gasteiger partial charge is 0.360 e. The van der Waals surface area contributed by atoms with Crippen molar-refractivity contribution in [1.29, 1.82) is 0 Å². The van der Waals surface area contributed by atoms with Crippen molar-refractivity contribution in [3.63, 3.8) is 0 Å². The van der Waals surface area contributed by atoms with Gasteiger partial charge in [0.1, 0.15) is 6.04 Å². The van der Waals surface area contributed by atoms with E-state index in [0.717, 1.165) is 37.3 Å². The molecule has 0 radical (unpaired) electrons. The Morgan fingerprint density at radius 2 is 1.71 bits per heavy atom. The van der Waals surface area contributed by atoms with E-state index in [2.05, 4.69) is 24.0 Å². The zero-order valence-corrected chi connectivity index (χ0v) is 13.8. The van der Waals surface area contributed by atoms with Crippen molar-refractivity contribution >= 4 is 11.6 Å². The van der Waals surface area contributed by atoms with Crippen molar-refractivity contribution in [3.05, 3.63) is 29.8 Å². The molecule has 0 fully saturated rings. The standard InChI is InChI=1S/C17H29N3O/c1-5-12-20(14(4)17(21)19(6-2)7-3)16-10-8-15(13-18)9-11-16/h8-11,14H,5-7,12-13,18H2,1-4H3. The van der Waals surface area contributed by atoms with Gasteiger partial charge in [-0.2, -0.15) is 0 Å². The number of hydrogen-bond acceptors (Lipinski definition) is 3. The second kappa shape index (κ2) is 8.67. The highest BCUT2D eigenvalue weighted by Crippen LogP contribution is 2.19. The van der Waals surface area contributed by atoms with Crippen LogP contribution in [0.3, 0.4) is 0 Å². The van der Waals surface area contributed by atoms with Gasteiger partial charge in [0.05, 0.1) is 0 Å². The van der Waals surface area contributed by atoms with Gasteiger partial charge >= 0.3 is 0 Å². The minimum absolute atomic E-state index is 0.145. The monoisotopic (exact) mass is 291 g/mol. The molecule has 0 aliphatic heterocycles. The Bertz CT molecular complexity index is 426. The summed E-state index contributed by atoms with van der Waals surface area (Å²) in [7, 11) is 0. The van der Waals surface area contributed by atoms with Gasteiger partial charge in [0, 0.05) is 31.9 Å². The molecule has 118 valence electrons. The maximum absolute atomic E-state index is 12.6. The lowest BCUT2D eigenvalue weighted by molar-refractivity contribution is -0.131. The number of benzene rings is 1. The number of carbonyl (C=O) groups excluding carboxylic acids is 1. The smallest absolute Gasteiger partial charge is 0.244 e. The molecule has 0 saturated heterocycles. The van der Waals surface area contributed by atoms with Crippen molar-refractivity contribution in [3.8, 4) is 0 Å². The third-order valence-electron chi connectivity index (χ3n) is 3.87. The van der Waals surface area contributed by atoms with Gasteiger partial charge in [-0.15, -0.1) is 0 Å². The normalized spacial score (nSPS) is 12.0. The summed E-state index contributed by atoms with van der Waals surface area (Å²) in [5, 5.41) is 0. The fourth-order valence-corrected chi connectivity index (χ4v) is 2.54. The van der Waals surface area contributed by atoms with Gasteiger partial charge in [0.25, 0.3) is 0 Å². The van der Waals surface area contributed by atoms with E-state index in [1.165, 1.54) is 0 Å². The van der Waals surface area contributed by atoms with Gasteiger partial charge in [-0.3, -0.25) is 4.79 Å². The fraction of sp³-hybridized carbons (Fsp3) is 0.588. The van der Waals surface area contributed by atoms with E-state index in [1.807, 2.05) is 37.8 Å². The molecule has 1 atom stereocenters. The molecule has 1 amide bonds. The van der Waals surface area contributed by atoms with Crippen molar-refractivity contribution in [2.75, 3.05) is 24.5 Å². The first-order valence-electron chi connectivity index (χ1n) is 7.93. The summed E-state index contributed by atoms with van der Waals surface area (Å²) in [5.41, 5.74) is 7.84. The van der Waals surface area contributed by atoms with E-state index >= 15 is 0 Å². The number of likely N-dealkylation sites (N-methyl/N-ethyl adjacent to an activating group) is 1. The molecule has 1 unspecified atom stereocenters. The summed E-state index contributed by atoms with van der Waals surface area (Å²) in [6.45, 7) is 11.1. The van der Waals surface area contributed by atoms with Crippen molar-refractivity contribution in [2.24, 2.45) is 5.73 Å². The Labute approximate surface area is 128 Å². The van der Waals surface area contributed by atoms with Crippen LogP contribution in [0, 0.1) is 0 Å². The number of nitrogens with zero attached hydrogens (tertiary/aromatic N) is 2. The molecule has 2 N–H and O–H groups in total. The molecular weight excluding hydrogens is 262 g/mol. The minimum Gasteiger partial charge on any atom is -0.360 e.